The average molecular weight is 348 g/mol. The van der Waals surface area contributed by atoms with Gasteiger partial charge in [0.1, 0.15) is 12.3 Å². The van der Waals surface area contributed by atoms with E-state index in [9.17, 15) is 9.59 Å². The van der Waals surface area contributed by atoms with Crippen LogP contribution >= 0.6 is 0 Å². The van der Waals surface area contributed by atoms with Crippen LogP contribution in [0.3, 0.4) is 0 Å². The molecule has 2 aromatic rings. The Morgan fingerprint density at radius 3 is 2.56 bits per heavy atom. The van der Waals surface area contributed by atoms with Gasteiger partial charge in [0.15, 0.2) is 11.3 Å². The maximum absolute atomic E-state index is 12.6. The first-order chi connectivity index (χ1) is 12.0. The van der Waals surface area contributed by atoms with E-state index in [1.807, 2.05) is 0 Å². The molecular weight excluding hydrogens is 328 g/mol. The fourth-order valence-electron chi connectivity index (χ4n) is 3.56. The third-order valence-corrected chi connectivity index (χ3v) is 4.91. The van der Waals surface area contributed by atoms with Crippen LogP contribution < -0.4 is 5.56 Å². The molecule has 0 saturated carbocycles. The molecule has 0 radical (unpaired) electrons. The van der Waals surface area contributed by atoms with Gasteiger partial charge in [-0.25, -0.2) is 4.68 Å². The van der Waals surface area contributed by atoms with Crippen LogP contribution in [0.1, 0.15) is 24.3 Å². The van der Waals surface area contributed by atoms with Gasteiger partial charge in [-0.2, -0.15) is 5.10 Å². The smallest absolute Gasteiger partial charge is 0.297 e. The molecule has 4 rings (SSSR count). The van der Waals surface area contributed by atoms with Crippen molar-refractivity contribution in [1.29, 1.82) is 0 Å². The first kappa shape index (κ1) is 16.2. The molecule has 134 valence electrons. The highest BCUT2D eigenvalue weighted by Gasteiger charge is 2.40. The van der Waals surface area contributed by atoms with Crippen molar-refractivity contribution in [3.8, 4) is 0 Å². The van der Waals surface area contributed by atoms with Crippen molar-refractivity contribution in [2.24, 2.45) is 0 Å². The molecule has 0 aliphatic carbocycles. The fraction of sp³-hybridized carbons (Fsp3) is 0.625. The minimum atomic E-state index is -0.528. The number of likely N-dealkylation sites (tertiary alicyclic amines) is 1. The lowest BCUT2D eigenvalue weighted by Gasteiger charge is -2.37. The summed E-state index contributed by atoms with van der Waals surface area (Å²) in [5, 5.41) is 8.66. The van der Waals surface area contributed by atoms with Gasteiger partial charge in [0, 0.05) is 25.9 Å². The predicted octanol–water partition coefficient (Wildman–Crippen LogP) is 0.367. The number of nitrogens with zero attached hydrogens (tertiary/aromatic N) is 4. The Morgan fingerprint density at radius 2 is 1.88 bits per heavy atom. The Morgan fingerprint density at radius 1 is 1.20 bits per heavy atom. The molecule has 0 aromatic carbocycles. The van der Waals surface area contributed by atoms with Crippen molar-refractivity contribution < 1.29 is 18.8 Å². The number of hydrogen-bond donors (Lipinski definition) is 0. The molecule has 9 nitrogen and oxygen atoms in total. The van der Waals surface area contributed by atoms with E-state index in [0.717, 1.165) is 4.68 Å². The molecule has 0 bridgehead atoms. The van der Waals surface area contributed by atoms with E-state index in [-0.39, 0.29) is 18.0 Å². The number of carbonyl (C=O) groups excluding carboxylic acids is 1. The van der Waals surface area contributed by atoms with Crippen LogP contribution in [0.15, 0.2) is 9.32 Å². The van der Waals surface area contributed by atoms with Crippen molar-refractivity contribution in [1.82, 2.24) is 19.8 Å². The standard InChI is InChI=1S/C16H20N4O5/c1-10-13-11(2)25-18-14(13)15(22)20(17-10)9-12(21)19-5-3-16(4-6-19)23-7-8-24-16/h3-9H2,1-2H3. The summed E-state index contributed by atoms with van der Waals surface area (Å²) in [5.41, 5.74) is 0.413. The molecule has 2 fully saturated rings. The van der Waals surface area contributed by atoms with Gasteiger partial charge < -0.3 is 18.9 Å². The summed E-state index contributed by atoms with van der Waals surface area (Å²) in [4.78, 5) is 26.8. The normalized spacial score (nSPS) is 19.8. The summed E-state index contributed by atoms with van der Waals surface area (Å²) in [6.07, 6.45) is 1.28. The zero-order valence-corrected chi connectivity index (χ0v) is 14.3. The molecule has 0 atom stereocenters. The molecule has 25 heavy (non-hydrogen) atoms. The molecule has 0 unspecified atom stereocenters. The van der Waals surface area contributed by atoms with Gasteiger partial charge in [0.2, 0.25) is 5.91 Å². The maximum Gasteiger partial charge on any atom is 0.297 e. The van der Waals surface area contributed by atoms with Crippen molar-refractivity contribution in [2.75, 3.05) is 26.3 Å². The number of rotatable bonds is 2. The predicted molar refractivity (Wildman–Crippen MR) is 86.0 cm³/mol. The van der Waals surface area contributed by atoms with Crippen LogP contribution in [-0.2, 0) is 20.8 Å². The van der Waals surface area contributed by atoms with Gasteiger partial charge >= 0.3 is 0 Å². The molecule has 2 aliphatic rings. The molecular formula is C16H20N4O5. The van der Waals surface area contributed by atoms with Crippen molar-refractivity contribution >= 4 is 16.8 Å². The van der Waals surface area contributed by atoms with Crippen LogP contribution in [0.5, 0.6) is 0 Å². The fourth-order valence-corrected chi connectivity index (χ4v) is 3.56. The summed E-state index contributed by atoms with van der Waals surface area (Å²) < 4.78 is 17.6. The summed E-state index contributed by atoms with van der Waals surface area (Å²) in [7, 11) is 0. The highest BCUT2D eigenvalue weighted by Crippen LogP contribution is 2.31. The Kier molecular flexibility index (Phi) is 3.84. The van der Waals surface area contributed by atoms with Crippen molar-refractivity contribution in [3.63, 3.8) is 0 Å². The lowest BCUT2D eigenvalue weighted by atomic mass is 10.0. The summed E-state index contributed by atoms with van der Waals surface area (Å²) in [6, 6.07) is 0. The van der Waals surface area contributed by atoms with E-state index in [0.29, 0.717) is 56.0 Å². The van der Waals surface area contributed by atoms with Crippen molar-refractivity contribution in [3.05, 3.63) is 21.8 Å². The number of carbonyl (C=O) groups is 1. The van der Waals surface area contributed by atoms with Gasteiger partial charge in [-0.15, -0.1) is 0 Å². The SMILES string of the molecule is Cc1nn(CC(=O)N2CCC3(CC2)OCCO3)c(=O)c2noc(C)c12. The summed E-state index contributed by atoms with van der Waals surface area (Å²) >= 11 is 0. The number of fused-ring (bicyclic) bond motifs is 1. The van der Waals surface area contributed by atoms with E-state index < -0.39 is 11.3 Å². The first-order valence-corrected chi connectivity index (χ1v) is 8.38. The molecule has 1 amide bonds. The van der Waals surface area contributed by atoms with E-state index in [1.54, 1.807) is 18.7 Å². The molecule has 1 spiro atoms. The van der Waals surface area contributed by atoms with Gasteiger partial charge in [-0.3, -0.25) is 9.59 Å². The number of aryl methyl sites for hydroxylation is 2. The van der Waals surface area contributed by atoms with Crippen LogP contribution in [0.2, 0.25) is 0 Å². The molecule has 9 heteroatoms. The molecule has 4 heterocycles. The number of hydrogen-bond acceptors (Lipinski definition) is 7. The third-order valence-electron chi connectivity index (χ3n) is 4.91. The second kappa shape index (κ2) is 5.92. The number of amides is 1. The highest BCUT2D eigenvalue weighted by molar-refractivity contribution is 5.82. The zero-order chi connectivity index (χ0) is 17.6. The van der Waals surface area contributed by atoms with Gasteiger partial charge in [-0.1, -0.05) is 5.16 Å². The zero-order valence-electron chi connectivity index (χ0n) is 14.3. The van der Waals surface area contributed by atoms with E-state index in [1.165, 1.54) is 0 Å². The van der Waals surface area contributed by atoms with E-state index in [4.69, 9.17) is 14.0 Å². The van der Waals surface area contributed by atoms with Crippen LogP contribution in [0.4, 0.5) is 0 Å². The average Bonchev–Trinajstić information content (AvgIpc) is 3.20. The largest absolute Gasteiger partial charge is 0.360 e. The van der Waals surface area contributed by atoms with Crippen molar-refractivity contribution in [2.45, 2.75) is 39.0 Å². The van der Waals surface area contributed by atoms with Crippen LogP contribution in [0, 0.1) is 13.8 Å². The van der Waals surface area contributed by atoms with Crippen LogP contribution in [-0.4, -0.2) is 57.8 Å². The van der Waals surface area contributed by atoms with Gasteiger partial charge in [0.25, 0.3) is 5.56 Å². The number of ether oxygens (including phenoxy) is 2. The Balaban J connectivity index is 1.51. The highest BCUT2D eigenvalue weighted by atomic mass is 16.7. The topological polar surface area (TPSA) is 99.7 Å². The Labute approximate surface area is 143 Å². The molecule has 2 saturated heterocycles. The number of aromatic nitrogens is 3. The molecule has 2 aliphatic heterocycles. The Bertz CT molecular complexity index is 871. The van der Waals surface area contributed by atoms with E-state index in [2.05, 4.69) is 10.3 Å². The third kappa shape index (κ3) is 2.73. The van der Waals surface area contributed by atoms with Crippen LogP contribution in [0.25, 0.3) is 10.9 Å². The molecule has 2 aromatic heterocycles. The lowest BCUT2D eigenvalue weighted by Crippen LogP contribution is -2.48. The Hall–Kier alpha value is -2.26. The molecule has 0 N–H and O–H groups in total. The minimum absolute atomic E-state index is 0.115. The second-order valence-corrected chi connectivity index (χ2v) is 6.50. The minimum Gasteiger partial charge on any atom is -0.360 e. The van der Waals surface area contributed by atoms with Gasteiger partial charge in [0.05, 0.1) is 24.3 Å². The quantitative estimate of drug-likeness (QED) is 0.773. The monoisotopic (exact) mass is 348 g/mol. The summed E-state index contributed by atoms with van der Waals surface area (Å²) in [6.45, 7) is 5.67. The first-order valence-electron chi connectivity index (χ1n) is 8.38. The second-order valence-electron chi connectivity index (χ2n) is 6.50. The van der Waals surface area contributed by atoms with E-state index >= 15 is 0 Å². The maximum atomic E-state index is 12.6. The lowest BCUT2D eigenvalue weighted by molar-refractivity contribution is -0.187. The van der Waals surface area contributed by atoms with Gasteiger partial charge in [-0.05, 0) is 13.8 Å². The summed E-state index contributed by atoms with van der Waals surface area (Å²) in [5.74, 6) is -0.130. The number of piperidine rings is 1.